The predicted octanol–water partition coefficient (Wildman–Crippen LogP) is 2.86. The van der Waals surface area contributed by atoms with Crippen molar-refractivity contribution >= 4 is 23.5 Å². The van der Waals surface area contributed by atoms with Gasteiger partial charge in [-0.3, -0.25) is 9.20 Å². The summed E-state index contributed by atoms with van der Waals surface area (Å²) in [5, 5.41) is 8.82. The van der Waals surface area contributed by atoms with Crippen molar-refractivity contribution in [1.29, 1.82) is 0 Å². The average Bonchev–Trinajstić information content (AvgIpc) is 2.83. The molecule has 0 aliphatic heterocycles. The predicted molar refractivity (Wildman–Crippen MR) is 68.8 cm³/mol. The van der Waals surface area contributed by atoms with E-state index in [0.717, 1.165) is 11.8 Å². The van der Waals surface area contributed by atoms with E-state index in [9.17, 15) is 4.79 Å². The Kier molecular flexibility index (Phi) is 2.57. The van der Waals surface area contributed by atoms with Crippen LogP contribution in [0.25, 0.3) is 17.0 Å². The molecule has 0 spiro atoms. The first-order chi connectivity index (χ1) is 8.79. The number of nitrogens with zero attached hydrogens (tertiary/aromatic N) is 3. The molecule has 4 nitrogen and oxygen atoms in total. The van der Waals surface area contributed by atoms with Crippen LogP contribution >= 0.6 is 11.6 Å². The van der Waals surface area contributed by atoms with E-state index in [-0.39, 0.29) is 0 Å². The van der Waals surface area contributed by atoms with E-state index in [1.165, 1.54) is 0 Å². The summed E-state index contributed by atoms with van der Waals surface area (Å²) in [6.07, 6.45) is 0.787. The number of rotatable bonds is 2. The van der Waals surface area contributed by atoms with Gasteiger partial charge < -0.3 is 0 Å². The van der Waals surface area contributed by atoms with Gasteiger partial charge in [0.2, 0.25) is 0 Å². The van der Waals surface area contributed by atoms with Crippen LogP contribution in [0.1, 0.15) is 10.5 Å². The molecule has 3 rings (SSSR count). The van der Waals surface area contributed by atoms with Gasteiger partial charge in [0.05, 0.1) is 5.69 Å². The Morgan fingerprint density at radius 3 is 2.56 bits per heavy atom. The first kappa shape index (κ1) is 10.9. The highest BCUT2D eigenvalue weighted by molar-refractivity contribution is 6.30. The summed E-state index contributed by atoms with van der Waals surface area (Å²) in [5.41, 5.74) is 2.02. The molecule has 88 valence electrons. The van der Waals surface area contributed by atoms with Crippen LogP contribution in [0.2, 0.25) is 5.02 Å². The zero-order valence-corrected chi connectivity index (χ0v) is 10.0. The van der Waals surface area contributed by atoms with E-state index >= 15 is 0 Å². The first-order valence-electron chi connectivity index (χ1n) is 5.35. The molecule has 0 saturated carbocycles. The Labute approximate surface area is 108 Å². The lowest BCUT2D eigenvalue weighted by atomic mass is 10.2. The molecule has 0 amide bonds. The number of pyridine rings is 1. The Hall–Kier alpha value is -2.20. The molecule has 1 aromatic carbocycles. The van der Waals surface area contributed by atoms with E-state index in [4.69, 9.17) is 11.6 Å². The molecule has 18 heavy (non-hydrogen) atoms. The van der Waals surface area contributed by atoms with E-state index < -0.39 is 0 Å². The molecule has 3 aromatic rings. The molecule has 0 aliphatic carbocycles. The summed E-state index contributed by atoms with van der Waals surface area (Å²) in [5.74, 6) is 0.629. The van der Waals surface area contributed by atoms with Crippen LogP contribution in [-0.4, -0.2) is 20.9 Å². The van der Waals surface area contributed by atoms with Crippen LogP contribution in [0.15, 0.2) is 42.5 Å². The van der Waals surface area contributed by atoms with Crippen molar-refractivity contribution in [2.45, 2.75) is 0 Å². The normalized spacial score (nSPS) is 10.7. The van der Waals surface area contributed by atoms with Gasteiger partial charge >= 0.3 is 0 Å². The molecule has 0 radical (unpaired) electrons. The zero-order valence-electron chi connectivity index (χ0n) is 9.25. The van der Waals surface area contributed by atoms with Gasteiger partial charge in [0, 0.05) is 10.6 Å². The lowest BCUT2D eigenvalue weighted by Crippen LogP contribution is -1.97. The summed E-state index contributed by atoms with van der Waals surface area (Å²) in [4.78, 5) is 11.1. The van der Waals surface area contributed by atoms with Crippen molar-refractivity contribution in [3.05, 3.63) is 53.2 Å². The highest BCUT2D eigenvalue weighted by Gasteiger charge is 2.10. The summed E-state index contributed by atoms with van der Waals surface area (Å²) in [6.45, 7) is 0. The minimum atomic E-state index is 0.516. The molecular weight excluding hydrogens is 250 g/mol. The van der Waals surface area contributed by atoms with Gasteiger partial charge in [0.15, 0.2) is 17.8 Å². The minimum Gasteiger partial charge on any atom is -0.296 e. The van der Waals surface area contributed by atoms with Crippen LogP contribution in [-0.2, 0) is 0 Å². The standard InChI is InChI=1S/C13H8ClN3O/c14-10-6-4-9(5-7-10)13-16-15-12-3-1-2-11(8-18)17(12)13/h1-8H. The van der Waals surface area contributed by atoms with Crippen molar-refractivity contribution < 1.29 is 4.79 Å². The first-order valence-corrected chi connectivity index (χ1v) is 5.72. The van der Waals surface area contributed by atoms with Crippen molar-refractivity contribution in [2.24, 2.45) is 0 Å². The Morgan fingerprint density at radius 2 is 1.83 bits per heavy atom. The van der Waals surface area contributed by atoms with E-state index in [1.807, 2.05) is 12.1 Å². The third kappa shape index (κ3) is 1.67. The van der Waals surface area contributed by atoms with Gasteiger partial charge in [-0.25, -0.2) is 0 Å². The number of benzene rings is 1. The summed E-state index contributed by atoms with van der Waals surface area (Å²) in [7, 11) is 0. The van der Waals surface area contributed by atoms with Crippen molar-refractivity contribution in [3.63, 3.8) is 0 Å². The summed E-state index contributed by atoms with van der Waals surface area (Å²) < 4.78 is 1.72. The Morgan fingerprint density at radius 1 is 1.06 bits per heavy atom. The second-order valence-corrected chi connectivity index (χ2v) is 4.23. The monoisotopic (exact) mass is 257 g/mol. The Balaban J connectivity index is 2.29. The van der Waals surface area contributed by atoms with Crippen LogP contribution in [0.5, 0.6) is 0 Å². The molecule has 2 aromatic heterocycles. The van der Waals surface area contributed by atoms with E-state index in [1.54, 1.807) is 34.7 Å². The number of hydrogen-bond acceptors (Lipinski definition) is 3. The topological polar surface area (TPSA) is 47.3 Å². The van der Waals surface area contributed by atoms with Crippen molar-refractivity contribution in [3.8, 4) is 11.4 Å². The maximum atomic E-state index is 11.1. The lowest BCUT2D eigenvalue weighted by Gasteiger charge is -2.02. The van der Waals surface area contributed by atoms with Gasteiger partial charge in [-0.1, -0.05) is 17.7 Å². The highest BCUT2D eigenvalue weighted by atomic mass is 35.5. The minimum absolute atomic E-state index is 0.516. The summed E-state index contributed by atoms with van der Waals surface area (Å²) in [6, 6.07) is 12.6. The van der Waals surface area contributed by atoms with E-state index in [2.05, 4.69) is 10.2 Å². The third-order valence-electron chi connectivity index (χ3n) is 2.68. The molecule has 0 fully saturated rings. The average molecular weight is 258 g/mol. The van der Waals surface area contributed by atoms with Crippen LogP contribution in [0.4, 0.5) is 0 Å². The SMILES string of the molecule is O=Cc1cccc2nnc(-c3ccc(Cl)cc3)n12. The molecule has 5 heteroatoms. The quantitative estimate of drug-likeness (QED) is 0.663. The van der Waals surface area contributed by atoms with Gasteiger partial charge in [0.1, 0.15) is 0 Å². The lowest BCUT2D eigenvalue weighted by molar-refractivity contribution is 0.111. The fourth-order valence-corrected chi connectivity index (χ4v) is 1.97. The number of hydrogen-bond donors (Lipinski definition) is 0. The largest absolute Gasteiger partial charge is 0.296 e. The molecule has 0 unspecified atom stereocenters. The smallest absolute Gasteiger partial charge is 0.168 e. The number of aldehydes is 1. The molecule has 0 N–H and O–H groups in total. The summed E-state index contributed by atoms with van der Waals surface area (Å²) >= 11 is 5.85. The maximum absolute atomic E-state index is 11.1. The number of aromatic nitrogens is 3. The van der Waals surface area contributed by atoms with Gasteiger partial charge in [-0.2, -0.15) is 0 Å². The third-order valence-corrected chi connectivity index (χ3v) is 2.93. The second-order valence-electron chi connectivity index (χ2n) is 3.79. The molecule has 0 saturated heterocycles. The Bertz CT molecular complexity index is 719. The molecule has 0 bridgehead atoms. The molecule has 2 heterocycles. The molecular formula is C13H8ClN3O. The highest BCUT2D eigenvalue weighted by Crippen LogP contribution is 2.21. The number of fused-ring (bicyclic) bond motifs is 1. The number of halogens is 1. The van der Waals surface area contributed by atoms with Gasteiger partial charge in [-0.05, 0) is 36.4 Å². The van der Waals surface area contributed by atoms with Crippen molar-refractivity contribution in [1.82, 2.24) is 14.6 Å². The van der Waals surface area contributed by atoms with Crippen LogP contribution in [0, 0.1) is 0 Å². The van der Waals surface area contributed by atoms with Crippen molar-refractivity contribution in [2.75, 3.05) is 0 Å². The van der Waals surface area contributed by atoms with E-state index in [0.29, 0.717) is 22.2 Å². The van der Waals surface area contributed by atoms with Gasteiger partial charge in [0.25, 0.3) is 0 Å². The fourth-order valence-electron chi connectivity index (χ4n) is 1.84. The number of carbonyl (C=O) groups is 1. The fraction of sp³-hybridized carbons (Fsp3) is 0. The molecule has 0 atom stereocenters. The molecule has 0 aliphatic rings. The number of carbonyl (C=O) groups excluding carboxylic acids is 1. The van der Waals surface area contributed by atoms with Gasteiger partial charge in [-0.15, -0.1) is 10.2 Å². The second kappa shape index (κ2) is 4.23. The zero-order chi connectivity index (χ0) is 12.5. The van der Waals surface area contributed by atoms with Crippen LogP contribution < -0.4 is 0 Å². The van der Waals surface area contributed by atoms with Crippen LogP contribution in [0.3, 0.4) is 0 Å². The maximum Gasteiger partial charge on any atom is 0.168 e.